The predicted molar refractivity (Wildman–Crippen MR) is 138 cm³/mol. The van der Waals surface area contributed by atoms with Crippen LogP contribution in [0.15, 0.2) is 36.4 Å². The zero-order valence-electron chi connectivity index (χ0n) is 21.4. The van der Waals surface area contributed by atoms with Gasteiger partial charge in [0.25, 0.3) is 0 Å². The summed E-state index contributed by atoms with van der Waals surface area (Å²) in [5.41, 5.74) is 3.26. The van der Waals surface area contributed by atoms with Crippen LogP contribution in [0.25, 0.3) is 0 Å². The number of benzene rings is 2. The van der Waals surface area contributed by atoms with Crippen LogP contribution in [-0.2, 0) is 17.6 Å². The first-order valence-corrected chi connectivity index (χ1v) is 12.8. The molecule has 0 unspecified atom stereocenters. The Balaban J connectivity index is 1.78. The first kappa shape index (κ1) is 25.9. The van der Waals surface area contributed by atoms with E-state index in [-0.39, 0.29) is 11.8 Å². The largest absolute Gasteiger partial charge is 0.496 e. The molecule has 0 saturated carbocycles. The van der Waals surface area contributed by atoms with Gasteiger partial charge in [-0.1, -0.05) is 76.1 Å². The van der Waals surface area contributed by atoms with Crippen LogP contribution in [0.4, 0.5) is 5.69 Å². The maximum Gasteiger partial charge on any atom is 0.230 e. The number of anilines is 1. The minimum absolute atomic E-state index is 0.0667. The third kappa shape index (κ3) is 6.46. The van der Waals surface area contributed by atoms with Gasteiger partial charge >= 0.3 is 0 Å². The monoisotopic (exact) mass is 467 g/mol. The van der Waals surface area contributed by atoms with Crippen LogP contribution in [0.1, 0.15) is 69.4 Å². The summed E-state index contributed by atoms with van der Waals surface area (Å²) in [6.45, 7) is 2.90. The summed E-state index contributed by atoms with van der Waals surface area (Å²) in [6.07, 6.45) is 11.3. The van der Waals surface area contributed by atoms with Crippen LogP contribution < -0.4 is 19.1 Å². The van der Waals surface area contributed by atoms with Gasteiger partial charge in [0.15, 0.2) is 0 Å². The van der Waals surface area contributed by atoms with E-state index in [2.05, 4.69) is 31.2 Å². The number of rotatable bonds is 14. The number of methoxy groups -OCH3 is 3. The maximum absolute atomic E-state index is 13.9. The molecule has 34 heavy (non-hydrogen) atoms. The predicted octanol–water partition coefficient (Wildman–Crippen LogP) is 6.60. The van der Waals surface area contributed by atoms with Gasteiger partial charge in [0.2, 0.25) is 5.91 Å². The van der Waals surface area contributed by atoms with Crippen molar-refractivity contribution in [3.05, 3.63) is 47.5 Å². The topological polar surface area (TPSA) is 48.0 Å². The van der Waals surface area contributed by atoms with Crippen LogP contribution >= 0.6 is 0 Å². The van der Waals surface area contributed by atoms with Gasteiger partial charge in [-0.25, -0.2) is 0 Å². The van der Waals surface area contributed by atoms with E-state index in [4.69, 9.17) is 14.2 Å². The van der Waals surface area contributed by atoms with Crippen molar-refractivity contribution in [3.8, 4) is 17.2 Å². The molecule has 0 spiro atoms. The lowest BCUT2D eigenvalue weighted by atomic mass is 10.0. The number of unbranched alkanes of at least 4 members (excludes halogenated alkanes) is 7. The van der Waals surface area contributed by atoms with E-state index in [1.807, 2.05) is 17.0 Å². The Morgan fingerprint density at radius 1 is 0.824 bits per heavy atom. The summed E-state index contributed by atoms with van der Waals surface area (Å²) in [4.78, 5) is 15.8. The molecule has 0 N–H and O–H groups in total. The Bertz CT molecular complexity index is 876. The molecule has 1 amide bonds. The molecule has 0 atom stereocenters. The van der Waals surface area contributed by atoms with E-state index < -0.39 is 0 Å². The van der Waals surface area contributed by atoms with Gasteiger partial charge in [-0.3, -0.25) is 4.79 Å². The van der Waals surface area contributed by atoms with Gasteiger partial charge in [0.1, 0.15) is 22.9 Å². The molecule has 0 fully saturated rings. The van der Waals surface area contributed by atoms with Crippen molar-refractivity contribution >= 4 is 11.6 Å². The second-order valence-electron chi connectivity index (χ2n) is 9.22. The zero-order chi connectivity index (χ0) is 24.3. The summed E-state index contributed by atoms with van der Waals surface area (Å²) in [6, 6.07) is 12.0. The maximum atomic E-state index is 13.9. The zero-order valence-corrected chi connectivity index (χ0v) is 21.4. The number of amides is 1. The van der Waals surface area contributed by atoms with Gasteiger partial charge in [0.05, 0.1) is 21.3 Å². The standard InChI is InChI=1S/C29H41NO4/c1-5-6-7-8-9-10-11-14-17-30(28-26(33-3)20-25(32-2)21-27(28)34-4)29(31)24-18-22-15-12-13-16-23(22)19-24/h12-13,15-16,20-21,24H,5-11,14,17-19H2,1-4H3. The number of ether oxygens (including phenoxy) is 3. The van der Waals surface area contributed by atoms with E-state index in [0.29, 0.717) is 29.5 Å². The molecule has 0 radical (unpaired) electrons. The highest BCUT2D eigenvalue weighted by atomic mass is 16.5. The molecular formula is C29H41NO4. The quantitative estimate of drug-likeness (QED) is 0.294. The lowest BCUT2D eigenvalue weighted by Gasteiger charge is -2.29. The van der Waals surface area contributed by atoms with Crippen molar-refractivity contribution in [3.63, 3.8) is 0 Å². The molecule has 186 valence electrons. The number of carbonyl (C=O) groups is 1. The number of carbonyl (C=O) groups excluding carboxylic acids is 1. The van der Waals surface area contributed by atoms with Gasteiger partial charge in [0, 0.05) is 24.6 Å². The van der Waals surface area contributed by atoms with Crippen LogP contribution in [0.5, 0.6) is 17.2 Å². The highest BCUT2D eigenvalue weighted by Crippen LogP contribution is 2.43. The number of hydrogen-bond donors (Lipinski definition) is 0. The summed E-state index contributed by atoms with van der Waals surface area (Å²) < 4.78 is 16.9. The molecular weight excluding hydrogens is 426 g/mol. The Morgan fingerprint density at radius 2 is 1.35 bits per heavy atom. The third-order valence-corrected chi connectivity index (χ3v) is 6.86. The molecule has 2 aromatic carbocycles. The van der Waals surface area contributed by atoms with Crippen molar-refractivity contribution in [2.75, 3.05) is 32.8 Å². The molecule has 0 saturated heterocycles. The lowest BCUT2D eigenvalue weighted by molar-refractivity contribution is -0.122. The van der Waals surface area contributed by atoms with E-state index in [0.717, 1.165) is 25.7 Å². The Labute approximate surface area is 205 Å². The van der Waals surface area contributed by atoms with Crippen molar-refractivity contribution in [1.82, 2.24) is 0 Å². The molecule has 5 nitrogen and oxygen atoms in total. The summed E-state index contributed by atoms with van der Waals surface area (Å²) in [5, 5.41) is 0. The first-order chi connectivity index (χ1) is 16.6. The molecule has 0 aromatic heterocycles. The van der Waals surface area contributed by atoms with Crippen molar-refractivity contribution in [1.29, 1.82) is 0 Å². The molecule has 1 aliphatic rings. The van der Waals surface area contributed by atoms with Crippen LogP contribution in [0, 0.1) is 5.92 Å². The molecule has 0 heterocycles. The molecule has 1 aliphatic carbocycles. The highest BCUT2D eigenvalue weighted by molar-refractivity contribution is 5.99. The average molecular weight is 468 g/mol. The smallest absolute Gasteiger partial charge is 0.230 e. The number of nitrogens with zero attached hydrogens (tertiary/aromatic N) is 1. The minimum Gasteiger partial charge on any atom is -0.496 e. The Morgan fingerprint density at radius 3 is 1.85 bits per heavy atom. The molecule has 5 heteroatoms. The SMILES string of the molecule is CCCCCCCCCCN(C(=O)C1Cc2ccccc2C1)c1c(OC)cc(OC)cc1OC. The second kappa shape index (κ2) is 13.3. The third-order valence-electron chi connectivity index (χ3n) is 6.86. The van der Waals surface area contributed by atoms with Gasteiger partial charge in [-0.2, -0.15) is 0 Å². The highest BCUT2D eigenvalue weighted by Gasteiger charge is 2.33. The van der Waals surface area contributed by atoms with Crippen LogP contribution in [-0.4, -0.2) is 33.8 Å². The Kier molecular flexibility index (Phi) is 10.1. The first-order valence-electron chi connectivity index (χ1n) is 12.8. The molecule has 0 aliphatic heterocycles. The van der Waals surface area contributed by atoms with Crippen molar-refractivity contribution in [2.45, 2.75) is 71.1 Å². The van der Waals surface area contributed by atoms with E-state index >= 15 is 0 Å². The van der Waals surface area contributed by atoms with Crippen LogP contribution in [0.2, 0.25) is 0 Å². The van der Waals surface area contributed by atoms with E-state index in [9.17, 15) is 4.79 Å². The van der Waals surface area contributed by atoms with Gasteiger partial charge in [-0.05, 0) is 30.4 Å². The minimum atomic E-state index is -0.0667. The molecule has 2 aromatic rings. The number of fused-ring (bicyclic) bond motifs is 1. The molecule has 0 bridgehead atoms. The normalized spacial score (nSPS) is 12.9. The van der Waals surface area contributed by atoms with E-state index in [1.54, 1.807) is 21.3 Å². The fourth-order valence-electron chi connectivity index (χ4n) is 4.94. The lowest BCUT2D eigenvalue weighted by Crippen LogP contribution is -2.38. The Hall–Kier alpha value is -2.69. The van der Waals surface area contributed by atoms with E-state index in [1.165, 1.54) is 49.7 Å². The number of hydrogen-bond acceptors (Lipinski definition) is 4. The van der Waals surface area contributed by atoms with Gasteiger partial charge in [-0.15, -0.1) is 0 Å². The van der Waals surface area contributed by atoms with Crippen LogP contribution in [0.3, 0.4) is 0 Å². The van der Waals surface area contributed by atoms with Crippen molar-refractivity contribution in [2.24, 2.45) is 5.92 Å². The molecule has 3 rings (SSSR count). The summed E-state index contributed by atoms with van der Waals surface area (Å²) in [5.74, 6) is 1.91. The summed E-state index contributed by atoms with van der Waals surface area (Å²) >= 11 is 0. The fourth-order valence-corrected chi connectivity index (χ4v) is 4.94. The summed E-state index contributed by atoms with van der Waals surface area (Å²) in [7, 11) is 4.87. The average Bonchev–Trinajstić information content (AvgIpc) is 3.31. The second-order valence-corrected chi connectivity index (χ2v) is 9.22. The van der Waals surface area contributed by atoms with Crippen molar-refractivity contribution < 1.29 is 19.0 Å². The van der Waals surface area contributed by atoms with Gasteiger partial charge < -0.3 is 19.1 Å². The fraction of sp³-hybridized carbons (Fsp3) is 0.552.